The molecule has 0 radical (unpaired) electrons. The van der Waals surface area contributed by atoms with Gasteiger partial charge in [-0.2, -0.15) is 4.31 Å². The SMILES string of the molecule is CCOC(=O)[C@H]1CCN1S(=O)(=O)c1ccc(C)cc1. The molecule has 1 saturated heterocycles. The maximum Gasteiger partial charge on any atom is 0.324 e. The second kappa shape index (κ2) is 5.30. The van der Waals surface area contributed by atoms with Gasteiger partial charge in [-0.25, -0.2) is 8.42 Å². The first-order chi connectivity index (χ1) is 8.96. The Balaban J connectivity index is 2.21. The Morgan fingerprint density at radius 3 is 2.47 bits per heavy atom. The van der Waals surface area contributed by atoms with Gasteiger partial charge in [-0.1, -0.05) is 17.7 Å². The van der Waals surface area contributed by atoms with Crippen LogP contribution in [0.5, 0.6) is 0 Å². The fraction of sp³-hybridized carbons (Fsp3) is 0.462. The molecule has 0 aromatic heterocycles. The minimum Gasteiger partial charge on any atom is -0.465 e. The lowest BCUT2D eigenvalue weighted by Crippen LogP contribution is -2.55. The standard InChI is InChI=1S/C13H17NO4S/c1-3-18-13(15)12-8-9-14(12)19(16,17)11-6-4-10(2)5-7-11/h4-7,12H,3,8-9H2,1-2H3/t12-/m1/s1. The van der Waals surface area contributed by atoms with Gasteiger partial charge in [0.1, 0.15) is 6.04 Å². The first kappa shape index (κ1) is 14.0. The second-order valence-electron chi connectivity index (χ2n) is 4.49. The third-order valence-electron chi connectivity index (χ3n) is 3.16. The highest BCUT2D eigenvalue weighted by atomic mass is 32.2. The smallest absolute Gasteiger partial charge is 0.324 e. The Kier molecular flexibility index (Phi) is 3.91. The Morgan fingerprint density at radius 2 is 2.00 bits per heavy atom. The summed E-state index contributed by atoms with van der Waals surface area (Å²) in [5, 5.41) is 0. The van der Waals surface area contributed by atoms with E-state index in [0.717, 1.165) is 5.56 Å². The van der Waals surface area contributed by atoms with Crippen molar-refractivity contribution in [3.05, 3.63) is 29.8 Å². The predicted octanol–water partition coefficient (Wildman–Crippen LogP) is 1.32. The lowest BCUT2D eigenvalue weighted by Gasteiger charge is -2.37. The van der Waals surface area contributed by atoms with Crippen LogP contribution in [-0.4, -0.2) is 37.9 Å². The number of ether oxygens (including phenoxy) is 1. The first-order valence-electron chi connectivity index (χ1n) is 6.22. The fourth-order valence-corrected chi connectivity index (χ4v) is 3.59. The summed E-state index contributed by atoms with van der Waals surface area (Å²) in [4.78, 5) is 11.9. The molecule has 1 aliphatic heterocycles. The zero-order valence-electron chi connectivity index (χ0n) is 11.0. The van der Waals surface area contributed by atoms with Crippen LogP contribution in [0.1, 0.15) is 18.9 Å². The van der Waals surface area contributed by atoms with E-state index >= 15 is 0 Å². The molecule has 0 saturated carbocycles. The number of esters is 1. The molecule has 0 amide bonds. The minimum atomic E-state index is -3.60. The molecular weight excluding hydrogens is 266 g/mol. The largest absolute Gasteiger partial charge is 0.465 e. The van der Waals surface area contributed by atoms with Gasteiger partial charge in [-0.3, -0.25) is 4.79 Å². The van der Waals surface area contributed by atoms with E-state index in [9.17, 15) is 13.2 Å². The van der Waals surface area contributed by atoms with Gasteiger partial charge in [-0.05, 0) is 32.4 Å². The first-order valence-corrected chi connectivity index (χ1v) is 7.66. The van der Waals surface area contributed by atoms with Crippen LogP contribution in [-0.2, 0) is 19.6 Å². The summed E-state index contributed by atoms with van der Waals surface area (Å²) in [5.74, 6) is -0.468. The van der Waals surface area contributed by atoms with Gasteiger partial charge in [0.2, 0.25) is 10.0 Å². The summed E-state index contributed by atoms with van der Waals surface area (Å²) in [6.45, 7) is 4.21. The summed E-state index contributed by atoms with van der Waals surface area (Å²) < 4.78 is 30.8. The molecule has 1 heterocycles. The molecular formula is C13H17NO4S. The average Bonchev–Trinajstić information content (AvgIpc) is 2.27. The number of sulfonamides is 1. The van der Waals surface area contributed by atoms with Gasteiger partial charge in [0.15, 0.2) is 0 Å². The number of nitrogens with zero attached hydrogens (tertiary/aromatic N) is 1. The Morgan fingerprint density at radius 1 is 1.37 bits per heavy atom. The van der Waals surface area contributed by atoms with Gasteiger partial charge in [0.05, 0.1) is 11.5 Å². The summed E-state index contributed by atoms with van der Waals surface area (Å²) in [7, 11) is -3.60. The molecule has 0 unspecified atom stereocenters. The monoisotopic (exact) mass is 283 g/mol. The van der Waals surface area contributed by atoms with Gasteiger partial charge in [0, 0.05) is 6.54 Å². The van der Waals surface area contributed by atoms with E-state index < -0.39 is 22.0 Å². The summed E-state index contributed by atoms with van der Waals surface area (Å²) in [6, 6.07) is 5.93. The van der Waals surface area contributed by atoms with Crippen LogP contribution in [0.25, 0.3) is 0 Å². The fourth-order valence-electron chi connectivity index (χ4n) is 1.97. The molecule has 0 N–H and O–H groups in total. The lowest BCUT2D eigenvalue weighted by molar-refractivity contribution is -0.151. The van der Waals surface area contributed by atoms with Gasteiger partial charge < -0.3 is 4.74 Å². The van der Waals surface area contributed by atoms with E-state index in [2.05, 4.69) is 0 Å². The maximum absolute atomic E-state index is 12.4. The quantitative estimate of drug-likeness (QED) is 0.782. The number of hydrogen-bond acceptors (Lipinski definition) is 4. The molecule has 19 heavy (non-hydrogen) atoms. The van der Waals surface area contributed by atoms with E-state index in [1.165, 1.54) is 4.31 Å². The second-order valence-corrected chi connectivity index (χ2v) is 6.38. The molecule has 5 nitrogen and oxygen atoms in total. The Labute approximate surface area is 113 Å². The maximum atomic E-state index is 12.4. The highest BCUT2D eigenvalue weighted by molar-refractivity contribution is 7.89. The van der Waals surface area contributed by atoms with E-state index in [1.54, 1.807) is 31.2 Å². The van der Waals surface area contributed by atoms with Crippen molar-refractivity contribution in [2.45, 2.75) is 31.2 Å². The number of aryl methyl sites for hydroxylation is 1. The molecule has 1 aromatic carbocycles. The van der Waals surface area contributed by atoms with E-state index in [-0.39, 0.29) is 11.5 Å². The Bertz CT molecular complexity index is 565. The van der Waals surface area contributed by atoms with Crippen molar-refractivity contribution in [3.63, 3.8) is 0 Å². The van der Waals surface area contributed by atoms with Gasteiger partial charge >= 0.3 is 5.97 Å². The summed E-state index contributed by atoms with van der Waals surface area (Å²) in [5.41, 5.74) is 0.990. The van der Waals surface area contributed by atoms with Crippen LogP contribution >= 0.6 is 0 Å². The molecule has 1 aliphatic rings. The third kappa shape index (κ3) is 2.64. The van der Waals surface area contributed by atoms with Crippen LogP contribution in [0, 0.1) is 6.92 Å². The number of carbonyl (C=O) groups is 1. The third-order valence-corrected chi connectivity index (χ3v) is 5.08. The van der Waals surface area contributed by atoms with Crippen LogP contribution in [0.2, 0.25) is 0 Å². The van der Waals surface area contributed by atoms with Crippen molar-refractivity contribution in [3.8, 4) is 0 Å². The molecule has 104 valence electrons. The highest BCUT2D eigenvalue weighted by Crippen LogP contribution is 2.27. The van der Waals surface area contributed by atoms with Crippen molar-refractivity contribution in [2.24, 2.45) is 0 Å². The van der Waals surface area contributed by atoms with Crippen molar-refractivity contribution in [2.75, 3.05) is 13.2 Å². The molecule has 6 heteroatoms. The number of hydrogen-bond donors (Lipinski definition) is 0. The predicted molar refractivity (Wildman–Crippen MR) is 70.1 cm³/mol. The molecule has 0 aliphatic carbocycles. The van der Waals surface area contributed by atoms with Crippen LogP contribution in [0.15, 0.2) is 29.2 Å². The summed E-state index contributed by atoms with van der Waals surface area (Å²) in [6.07, 6.45) is 0.518. The van der Waals surface area contributed by atoms with Crippen molar-refractivity contribution in [1.29, 1.82) is 0 Å². The van der Waals surface area contributed by atoms with E-state index in [0.29, 0.717) is 13.0 Å². The molecule has 2 rings (SSSR count). The molecule has 0 bridgehead atoms. The van der Waals surface area contributed by atoms with Gasteiger partial charge in [0.25, 0.3) is 0 Å². The van der Waals surface area contributed by atoms with Crippen molar-refractivity contribution >= 4 is 16.0 Å². The van der Waals surface area contributed by atoms with Crippen LogP contribution in [0.4, 0.5) is 0 Å². The number of rotatable bonds is 4. The molecule has 1 fully saturated rings. The Hall–Kier alpha value is -1.40. The highest BCUT2D eigenvalue weighted by Gasteiger charge is 2.43. The normalized spacial score (nSPS) is 19.8. The molecule has 1 aromatic rings. The van der Waals surface area contributed by atoms with E-state index in [1.807, 2.05) is 6.92 Å². The summed E-state index contributed by atoms with van der Waals surface area (Å²) >= 11 is 0. The van der Waals surface area contributed by atoms with Crippen LogP contribution in [0.3, 0.4) is 0 Å². The minimum absolute atomic E-state index is 0.215. The topological polar surface area (TPSA) is 63.7 Å². The van der Waals surface area contributed by atoms with Crippen molar-refractivity contribution in [1.82, 2.24) is 4.31 Å². The van der Waals surface area contributed by atoms with Crippen molar-refractivity contribution < 1.29 is 17.9 Å². The van der Waals surface area contributed by atoms with Crippen LogP contribution < -0.4 is 0 Å². The molecule has 1 atom stereocenters. The number of benzene rings is 1. The van der Waals surface area contributed by atoms with Gasteiger partial charge in [-0.15, -0.1) is 0 Å². The zero-order valence-corrected chi connectivity index (χ0v) is 11.8. The average molecular weight is 283 g/mol. The van der Waals surface area contributed by atoms with E-state index in [4.69, 9.17) is 4.74 Å². The molecule has 0 spiro atoms. The lowest BCUT2D eigenvalue weighted by atomic mass is 10.1. The number of carbonyl (C=O) groups excluding carboxylic acids is 1. The zero-order chi connectivity index (χ0) is 14.0.